The van der Waals surface area contributed by atoms with Crippen LogP contribution in [-0.4, -0.2) is 19.3 Å². The molecule has 0 bridgehead atoms. The Morgan fingerprint density at radius 3 is 1.90 bits per heavy atom. The molecule has 0 spiro atoms. The van der Waals surface area contributed by atoms with Gasteiger partial charge in [0.15, 0.2) is 5.75 Å². The lowest BCUT2D eigenvalue weighted by atomic mass is 9.59. The van der Waals surface area contributed by atoms with Gasteiger partial charge in [0.2, 0.25) is 29.1 Å². The highest BCUT2D eigenvalue weighted by atomic mass is 19.2. The third-order valence-corrected chi connectivity index (χ3v) is 6.92. The Kier molecular flexibility index (Phi) is 7.99. The van der Waals surface area contributed by atoms with E-state index in [9.17, 15) is 22.0 Å². The van der Waals surface area contributed by atoms with Crippen LogP contribution in [0, 0.1) is 40.4 Å². The van der Waals surface area contributed by atoms with E-state index in [4.69, 9.17) is 9.47 Å². The molecule has 0 aromatic heterocycles. The van der Waals surface area contributed by atoms with Crippen molar-refractivity contribution in [3.05, 3.63) is 29.1 Å². The molecule has 0 heterocycles. The molecular weight excluding hydrogens is 403 g/mol. The standard InChI is InChI=1S/C23H31F5O2/c1-15(14-23(10-6-3-7-11-23)16-8-4-2-5-9-16)29-12-13-30-22-20(27)18(25)17(24)19(26)21(22)28/h15-16H,2-14H2,1H3. The van der Waals surface area contributed by atoms with Crippen molar-refractivity contribution in [1.82, 2.24) is 0 Å². The Bertz CT molecular complexity index is 683. The Morgan fingerprint density at radius 2 is 1.30 bits per heavy atom. The first-order valence-electron chi connectivity index (χ1n) is 11.1. The zero-order valence-electron chi connectivity index (χ0n) is 17.6. The van der Waals surface area contributed by atoms with Crippen molar-refractivity contribution in [1.29, 1.82) is 0 Å². The van der Waals surface area contributed by atoms with Gasteiger partial charge >= 0.3 is 0 Å². The molecular formula is C23H31F5O2. The zero-order valence-corrected chi connectivity index (χ0v) is 17.6. The summed E-state index contributed by atoms with van der Waals surface area (Å²) in [6.07, 6.45) is 13.5. The second-order valence-corrected chi connectivity index (χ2v) is 8.89. The van der Waals surface area contributed by atoms with Gasteiger partial charge in [0, 0.05) is 0 Å². The summed E-state index contributed by atoms with van der Waals surface area (Å²) in [5, 5.41) is 0. The van der Waals surface area contributed by atoms with Crippen LogP contribution in [0.15, 0.2) is 0 Å². The van der Waals surface area contributed by atoms with Gasteiger partial charge < -0.3 is 9.47 Å². The minimum Gasteiger partial charge on any atom is -0.485 e. The van der Waals surface area contributed by atoms with Crippen LogP contribution in [0.4, 0.5) is 22.0 Å². The molecule has 2 aliphatic rings. The van der Waals surface area contributed by atoms with Crippen molar-refractivity contribution >= 4 is 0 Å². The minimum absolute atomic E-state index is 0.0153. The number of hydrogen-bond acceptors (Lipinski definition) is 2. The third-order valence-electron chi connectivity index (χ3n) is 6.92. The predicted octanol–water partition coefficient (Wildman–Crippen LogP) is 7.09. The molecule has 7 heteroatoms. The highest BCUT2D eigenvalue weighted by molar-refractivity contribution is 5.29. The van der Waals surface area contributed by atoms with Gasteiger partial charge in [-0.1, -0.05) is 38.5 Å². The van der Waals surface area contributed by atoms with Gasteiger partial charge in [0.1, 0.15) is 6.61 Å². The maximum absolute atomic E-state index is 13.7. The molecule has 2 fully saturated rings. The van der Waals surface area contributed by atoms with Crippen molar-refractivity contribution in [2.45, 2.75) is 83.7 Å². The minimum atomic E-state index is -2.19. The molecule has 3 rings (SSSR count). The van der Waals surface area contributed by atoms with Crippen LogP contribution >= 0.6 is 0 Å². The second-order valence-electron chi connectivity index (χ2n) is 8.89. The first-order valence-corrected chi connectivity index (χ1v) is 11.1. The molecule has 2 aliphatic carbocycles. The number of hydrogen-bond donors (Lipinski definition) is 0. The highest BCUT2D eigenvalue weighted by Crippen LogP contribution is 2.51. The van der Waals surface area contributed by atoms with Crippen LogP contribution < -0.4 is 4.74 Å². The fraction of sp³-hybridized carbons (Fsp3) is 0.739. The molecule has 30 heavy (non-hydrogen) atoms. The molecule has 0 amide bonds. The quantitative estimate of drug-likeness (QED) is 0.188. The van der Waals surface area contributed by atoms with Gasteiger partial charge in [0.05, 0.1) is 12.7 Å². The van der Waals surface area contributed by atoms with Gasteiger partial charge in [-0.2, -0.15) is 8.78 Å². The fourth-order valence-corrected chi connectivity index (χ4v) is 5.49. The summed E-state index contributed by atoms with van der Waals surface area (Å²) in [5.41, 5.74) is 0.292. The number of ether oxygens (including phenoxy) is 2. The lowest BCUT2D eigenvalue weighted by Gasteiger charge is -2.47. The first kappa shape index (κ1) is 23.3. The van der Waals surface area contributed by atoms with E-state index in [0.29, 0.717) is 5.41 Å². The Balaban J connectivity index is 1.54. The molecule has 2 nitrogen and oxygen atoms in total. The van der Waals surface area contributed by atoms with Gasteiger partial charge in [-0.15, -0.1) is 0 Å². The first-order chi connectivity index (χ1) is 14.4. The summed E-state index contributed by atoms with van der Waals surface area (Å²) in [7, 11) is 0. The maximum atomic E-state index is 13.7. The van der Waals surface area contributed by atoms with Gasteiger partial charge in [0.25, 0.3) is 0 Å². The number of benzene rings is 1. The van der Waals surface area contributed by atoms with Crippen LogP contribution in [0.5, 0.6) is 5.75 Å². The van der Waals surface area contributed by atoms with E-state index in [-0.39, 0.29) is 19.3 Å². The average molecular weight is 434 g/mol. The van der Waals surface area contributed by atoms with Crippen molar-refractivity contribution in [3.63, 3.8) is 0 Å². The molecule has 2 saturated carbocycles. The number of rotatable bonds is 8. The molecule has 0 saturated heterocycles. The van der Waals surface area contributed by atoms with Gasteiger partial charge in [-0.25, -0.2) is 13.2 Å². The molecule has 0 aliphatic heterocycles. The lowest BCUT2D eigenvalue weighted by Crippen LogP contribution is -2.37. The topological polar surface area (TPSA) is 18.5 Å². The van der Waals surface area contributed by atoms with E-state index >= 15 is 0 Å². The molecule has 0 radical (unpaired) electrons. The molecule has 1 aromatic carbocycles. The van der Waals surface area contributed by atoms with E-state index in [1.165, 1.54) is 64.2 Å². The van der Waals surface area contributed by atoms with Crippen molar-refractivity contribution < 1.29 is 31.4 Å². The lowest BCUT2D eigenvalue weighted by molar-refractivity contribution is -0.0275. The summed E-state index contributed by atoms with van der Waals surface area (Å²) in [5.74, 6) is -10.7. The monoisotopic (exact) mass is 434 g/mol. The van der Waals surface area contributed by atoms with E-state index < -0.39 is 34.8 Å². The largest absolute Gasteiger partial charge is 0.485 e. The van der Waals surface area contributed by atoms with Crippen molar-refractivity contribution in [2.24, 2.45) is 11.3 Å². The Hall–Kier alpha value is -1.37. The fourth-order valence-electron chi connectivity index (χ4n) is 5.49. The smallest absolute Gasteiger partial charge is 0.206 e. The average Bonchev–Trinajstić information content (AvgIpc) is 2.77. The van der Waals surface area contributed by atoms with E-state index in [1.54, 1.807) is 0 Å². The maximum Gasteiger partial charge on any atom is 0.206 e. The normalized spacial score (nSPS) is 20.9. The summed E-state index contributed by atoms with van der Waals surface area (Å²) in [6.45, 7) is 1.71. The van der Waals surface area contributed by atoms with Crippen molar-refractivity contribution in [3.8, 4) is 5.75 Å². The van der Waals surface area contributed by atoms with Crippen molar-refractivity contribution in [2.75, 3.05) is 13.2 Å². The summed E-state index contributed by atoms with van der Waals surface area (Å²) in [6, 6.07) is 0. The Morgan fingerprint density at radius 1 is 0.767 bits per heavy atom. The van der Waals surface area contributed by atoms with Crippen LogP contribution in [-0.2, 0) is 4.74 Å². The Labute approximate surface area is 175 Å². The van der Waals surface area contributed by atoms with Crippen LogP contribution in [0.3, 0.4) is 0 Å². The van der Waals surface area contributed by atoms with Crippen LogP contribution in [0.2, 0.25) is 0 Å². The van der Waals surface area contributed by atoms with Crippen LogP contribution in [0.25, 0.3) is 0 Å². The van der Waals surface area contributed by atoms with Crippen LogP contribution in [0.1, 0.15) is 77.6 Å². The molecule has 1 unspecified atom stereocenters. The van der Waals surface area contributed by atoms with Gasteiger partial charge in [-0.05, 0) is 50.4 Å². The molecule has 0 N–H and O–H groups in total. The number of halogens is 5. The van der Waals surface area contributed by atoms with E-state index in [2.05, 4.69) is 0 Å². The SMILES string of the molecule is CC(CC1(C2CCCCC2)CCCCC1)OCCOc1c(F)c(F)c(F)c(F)c1F. The van der Waals surface area contributed by atoms with Gasteiger partial charge in [-0.3, -0.25) is 0 Å². The highest BCUT2D eigenvalue weighted by Gasteiger charge is 2.41. The molecule has 170 valence electrons. The molecule has 1 atom stereocenters. The summed E-state index contributed by atoms with van der Waals surface area (Å²) in [4.78, 5) is 0. The van der Waals surface area contributed by atoms with E-state index in [0.717, 1.165) is 12.3 Å². The predicted molar refractivity (Wildman–Crippen MR) is 104 cm³/mol. The van der Waals surface area contributed by atoms with E-state index in [1.807, 2.05) is 6.92 Å². The summed E-state index contributed by atoms with van der Waals surface area (Å²) >= 11 is 0. The summed E-state index contributed by atoms with van der Waals surface area (Å²) < 4.78 is 77.6. The second kappa shape index (κ2) is 10.3. The third kappa shape index (κ3) is 5.09. The zero-order chi connectivity index (χ0) is 21.7. The molecule has 1 aromatic rings.